The summed E-state index contributed by atoms with van der Waals surface area (Å²) in [5.74, 6) is -0.635. The number of rotatable bonds is 5. The highest BCUT2D eigenvalue weighted by atomic mass is 19.1. The smallest absolute Gasteiger partial charge is 0.331 e. The predicted molar refractivity (Wildman–Crippen MR) is 89.7 cm³/mol. The molecule has 0 N–H and O–H groups in total. The van der Waals surface area contributed by atoms with Crippen molar-refractivity contribution in [2.24, 2.45) is 0 Å². The highest BCUT2D eigenvalue weighted by molar-refractivity contribution is 5.87. The molecule has 0 aliphatic carbocycles. The Labute approximate surface area is 141 Å². The van der Waals surface area contributed by atoms with Gasteiger partial charge in [0.2, 0.25) is 5.91 Å². The second kappa shape index (κ2) is 8.59. The zero-order valence-electron chi connectivity index (χ0n) is 14.1. The Morgan fingerprint density at radius 2 is 1.88 bits per heavy atom. The maximum absolute atomic E-state index is 12.8. The van der Waals surface area contributed by atoms with Crippen LogP contribution in [0.5, 0.6) is 0 Å². The lowest BCUT2D eigenvalue weighted by Gasteiger charge is -2.31. The summed E-state index contributed by atoms with van der Waals surface area (Å²) in [6.07, 6.45) is 4.27. The number of benzene rings is 1. The number of carbonyl (C=O) groups is 2. The third-order valence-electron chi connectivity index (χ3n) is 3.96. The molecule has 6 heteroatoms. The van der Waals surface area contributed by atoms with Crippen LogP contribution in [0.25, 0.3) is 6.08 Å². The summed E-state index contributed by atoms with van der Waals surface area (Å²) in [5.41, 5.74) is 0.741. The van der Waals surface area contributed by atoms with Crippen molar-refractivity contribution in [1.82, 2.24) is 9.80 Å². The van der Waals surface area contributed by atoms with Crippen LogP contribution < -0.4 is 0 Å². The molecule has 1 fully saturated rings. The molecular formula is C18H23FN2O3. The molecule has 1 aromatic carbocycles. The molecule has 1 saturated heterocycles. The van der Waals surface area contributed by atoms with Crippen LogP contribution in [0.15, 0.2) is 30.3 Å². The second-order valence-corrected chi connectivity index (χ2v) is 6.09. The minimum atomic E-state index is -0.401. The van der Waals surface area contributed by atoms with E-state index in [2.05, 4.69) is 4.90 Å². The molecule has 0 unspecified atom stereocenters. The number of amides is 1. The maximum Gasteiger partial charge on any atom is 0.331 e. The van der Waals surface area contributed by atoms with Crippen LogP contribution in [-0.2, 0) is 14.3 Å². The van der Waals surface area contributed by atoms with Gasteiger partial charge >= 0.3 is 5.97 Å². The molecule has 5 nitrogen and oxygen atoms in total. The first-order valence-corrected chi connectivity index (χ1v) is 8.01. The Balaban J connectivity index is 1.74. The number of nitrogens with zero attached hydrogens (tertiary/aromatic N) is 2. The monoisotopic (exact) mass is 334 g/mol. The summed E-state index contributed by atoms with van der Waals surface area (Å²) in [7, 11) is 3.48. The van der Waals surface area contributed by atoms with Crippen molar-refractivity contribution in [3.63, 3.8) is 0 Å². The minimum absolute atomic E-state index is 0.0766. The molecule has 0 spiro atoms. The number of hydrogen-bond acceptors (Lipinski definition) is 4. The molecule has 130 valence electrons. The number of likely N-dealkylation sites (tertiary alicyclic amines) is 1. The third-order valence-corrected chi connectivity index (χ3v) is 3.96. The first kappa shape index (κ1) is 18.1. The zero-order valence-corrected chi connectivity index (χ0v) is 14.1. The molecule has 1 aromatic rings. The van der Waals surface area contributed by atoms with Gasteiger partial charge in [0.1, 0.15) is 11.9 Å². The van der Waals surface area contributed by atoms with Gasteiger partial charge in [-0.05, 0) is 36.6 Å². The van der Waals surface area contributed by atoms with Gasteiger partial charge in [0.15, 0.2) is 0 Å². The van der Waals surface area contributed by atoms with Gasteiger partial charge in [-0.15, -0.1) is 0 Å². The Morgan fingerprint density at radius 3 is 2.46 bits per heavy atom. The second-order valence-electron chi connectivity index (χ2n) is 6.09. The van der Waals surface area contributed by atoms with Crippen LogP contribution in [0, 0.1) is 5.82 Å². The van der Waals surface area contributed by atoms with E-state index < -0.39 is 5.97 Å². The summed E-state index contributed by atoms with van der Waals surface area (Å²) in [6, 6.07) is 5.88. The topological polar surface area (TPSA) is 49.9 Å². The maximum atomic E-state index is 12.8. The molecule has 0 radical (unpaired) electrons. The molecule has 24 heavy (non-hydrogen) atoms. The van der Waals surface area contributed by atoms with Gasteiger partial charge in [-0.3, -0.25) is 9.69 Å². The van der Waals surface area contributed by atoms with E-state index in [-0.39, 0.29) is 17.8 Å². The zero-order chi connectivity index (χ0) is 17.5. The van der Waals surface area contributed by atoms with Crippen LogP contribution in [0.2, 0.25) is 0 Å². The fourth-order valence-electron chi connectivity index (χ4n) is 2.46. The fourth-order valence-corrected chi connectivity index (χ4v) is 2.46. The first-order chi connectivity index (χ1) is 11.4. The van der Waals surface area contributed by atoms with E-state index in [9.17, 15) is 14.0 Å². The molecular weight excluding hydrogens is 311 g/mol. The third kappa shape index (κ3) is 5.77. The number of likely N-dealkylation sites (N-methyl/N-ethyl adjacent to an activating group) is 1. The number of piperidine rings is 1. The largest absolute Gasteiger partial charge is 0.459 e. The summed E-state index contributed by atoms with van der Waals surface area (Å²) in [6.45, 7) is 1.87. The standard InChI is InChI=1S/C18H23FN2O3/c1-20(2)17(22)13-21-11-9-16(10-12-21)24-18(23)8-5-14-3-6-15(19)7-4-14/h3-8,16H,9-13H2,1-2H3/b8-5+. The van der Waals surface area contributed by atoms with Crippen LogP contribution in [0.4, 0.5) is 4.39 Å². The number of esters is 1. The molecule has 1 heterocycles. The van der Waals surface area contributed by atoms with Gasteiger partial charge in [0.05, 0.1) is 6.54 Å². The fraction of sp³-hybridized carbons (Fsp3) is 0.444. The van der Waals surface area contributed by atoms with Crippen LogP contribution in [0.3, 0.4) is 0 Å². The van der Waals surface area contributed by atoms with Crippen molar-refractivity contribution in [1.29, 1.82) is 0 Å². The Morgan fingerprint density at radius 1 is 1.25 bits per heavy atom. The van der Waals surface area contributed by atoms with Crippen molar-refractivity contribution in [2.45, 2.75) is 18.9 Å². The van der Waals surface area contributed by atoms with E-state index in [0.29, 0.717) is 6.54 Å². The lowest BCUT2D eigenvalue weighted by molar-refractivity contribution is -0.145. The van der Waals surface area contributed by atoms with Crippen LogP contribution in [0.1, 0.15) is 18.4 Å². The summed E-state index contributed by atoms with van der Waals surface area (Å²) in [5, 5.41) is 0. The van der Waals surface area contributed by atoms with E-state index in [1.54, 1.807) is 37.2 Å². The lowest BCUT2D eigenvalue weighted by atomic mass is 10.1. The van der Waals surface area contributed by atoms with Gasteiger partial charge in [0.25, 0.3) is 0 Å². The van der Waals surface area contributed by atoms with Crippen LogP contribution >= 0.6 is 0 Å². The van der Waals surface area contributed by atoms with Gasteiger partial charge in [-0.2, -0.15) is 0 Å². The molecule has 0 bridgehead atoms. The summed E-state index contributed by atoms with van der Waals surface area (Å²) in [4.78, 5) is 27.2. The highest BCUT2D eigenvalue weighted by Crippen LogP contribution is 2.14. The van der Waals surface area contributed by atoms with Gasteiger partial charge in [-0.25, -0.2) is 9.18 Å². The van der Waals surface area contributed by atoms with Crippen molar-refractivity contribution >= 4 is 18.0 Å². The normalized spacial score (nSPS) is 16.3. The number of hydrogen-bond donors (Lipinski definition) is 0. The number of carbonyl (C=O) groups excluding carboxylic acids is 2. The van der Waals surface area contributed by atoms with E-state index in [4.69, 9.17) is 4.74 Å². The van der Waals surface area contributed by atoms with Gasteiger partial charge < -0.3 is 9.64 Å². The number of ether oxygens (including phenoxy) is 1. The van der Waals surface area contributed by atoms with Crippen molar-refractivity contribution < 1.29 is 18.7 Å². The van der Waals surface area contributed by atoms with Crippen molar-refractivity contribution in [3.05, 3.63) is 41.7 Å². The average molecular weight is 334 g/mol. The van der Waals surface area contributed by atoms with E-state index in [1.165, 1.54) is 18.2 Å². The Hall–Kier alpha value is -2.21. The van der Waals surface area contributed by atoms with E-state index >= 15 is 0 Å². The molecule has 0 atom stereocenters. The molecule has 1 aliphatic heterocycles. The van der Waals surface area contributed by atoms with Crippen molar-refractivity contribution in [2.75, 3.05) is 33.7 Å². The molecule has 0 saturated carbocycles. The van der Waals surface area contributed by atoms with Gasteiger partial charge in [0, 0.05) is 33.3 Å². The first-order valence-electron chi connectivity index (χ1n) is 8.01. The molecule has 0 aromatic heterocycles. The van der Waals surface area contributed by atoms with E-state index in [0.717, 1.165) is 31.5 Å². The van der Waals surface area contributed by atoms with Crippen molar-refractivity contribution in [3.8, 4) is 0 Å². The predicted octanol–water partition coefficient (Wildman–Crippen LogP) is 1.93. The highest BCUT2D eigenvalue weighted by Gasteiger charge is 2.23. The van der Waals surface area contributed by atoms with Crippen LogP contribution in [-0.4, -0.2) is 61.5 Å². The Bertz CT molecular complexity index is 591. The quantitative estimate of drug-likeness (QED) is 0.610. The minimum Gasteiger partial charge on any atom is -0.459 e. The molecule has 1 amide bonds. The summed E-state index contributed by atoms with van der Waals surface area (Å²) < 4.78 is 18.2. The Kier molecular flexibility index (Phi) is 6.49. The average Bonchev–Trinajstić information content (AvgIpc) is 2.56. The number of halogens is 1. The molecule has 1 aliphatic rings. The lowest BCUT2D eigenvalue weighted by Crippen LogP contribution is -2.43. The molecule has 2 rings (SSSR count). The van der Waals surface area contributed by atoms with Gasteiger partial charge in [-0.1, -0.05) is 12.1 Å². The SMILES string of the molecule is CN(C)C(=O)CN1CCC(OC(=O)/C=C/c2ccc(F)cc2)CC1. The summed E-state index contributed by atoms with van der Waals surface area (Å²) >= 11 is 0. The van der Waals surface area contributed by atoms with E-state index in [1.807, 2.05) is 0 Å².